The Balaban J connectivity index is 2.40. The van der Waals surface area contributed by atoms with Gasteiger partial charge in [-0.05, 0) is 63.4 Å². The summed E-state index contributed by atoms with van der Waals surface area (Å²) in [7, 11) is -3.79. The maximum absolute atomic E-state index is 13.2. The van der Waals surface area contributed by atoms with Gasteiger partial charge in [-0.3, -0.25) is 4.79 Å². The van der Waals surface area contributed by atoms with Crippen LogP contribution in [0.1, 0.15) is 20.8 Å². The Morgan fingerprint density at radius 2 is 1.82 bits per heavy atom. The molecule has 0 unspecified atom stereocenters. The van der Waals surface area contributed by atoms with Gasteiger partial charge < -0.3 is 15.4 Å². The van der Waals surface area contributed by atoms with E-state index in [9.17, 15) is 13.2 Å². The molecule has 2 aromatic rings. The summed E-state index contributed by atoms with van der Waals surface area (Å²) in [6.45, 7) is 5.95. The fourth-order valence-corrected chi connectivity index (χ4v) is 4.42. The molecule has 28 heavy (non-hydrogen) atoms. The van der Waals surface area contributed by atoms with E-state index in [-0.39, 0.29) is 28.3 Å². The van der Waals surface area contributed by atoms with E-state index in [1.54, 1.807) is 48.2 Å². The molecule has 0 atom stereocenters. The molecule has 8 heteroatoms. The number of amides is 1. The average Bonchev–Trinajstić information content (AvgIpc) is 2.66. The monoisotopic (exact) mass is 422 g/mol. The van der Waals surface area contributed by atoms with E-state index in [0.29, 0.717) is 18.0 Å². The molecular formula is C20H26N2O4S2. The summed E-state index contributed by atoms with van der Waals surface area (Å²) in [5.74, 6) is 0.246. The van der Waals surface area contributed by atoms with Crippen molar-refractivity contribution in [1.29, 1.82) is 0 Å². The molecule has 2 aromatic carbocycles. The van der Waals surface area contributed by atoms with E-state index >= 15 is 0 Å². The van der Waals surface area contributed by atoms with Crippen molar-refractivity contribution >= 4 is 33.2 Å². The number of carbonyl (C=O) groups excluding carboxylic acids is 1. The van der Waals surface area contributed by atoms with Crippen LogP contribution in [0.25, 0.3) is 0 Å². The van der Waals surface area contributed by atoms with Crippen molar-refractivity contribution < 1.29 is 17.9 Å². The molecule has 0 radical (unpaired) electrons. The zero-order valence-electron chi connectivity index (χ0n) is 16.5. The van der Waals surface area contributed by atoms with Gasteiger partial charge in [0.25, 0.3) is 0 Å². The van der Waals surface area contributed by atoms with Crippen LogP contribution in [0.2, 0.25) is 0 Å². The Bertz CT molecular complexity index is 910. The van der Waals surface area contributed by atoms with Gasteiger partial charge in [0.15, 0.2) is 0 Å². The third kappa shape index (κ3) is 5.65. The second kappa shape index (κ2) is 9.84. The summed E-state index contributed by atoms with van der Waals surface area (Å²) in [5.41, 5.74) is 0.358. The highest BCUT2D eigenvalue weighted by Gasteiger charge is 2.23. The summed E-state index contributed by atoms with van der Waals surface area (Å²) >= 11 is 1.54. The average molecular weight is 423 g/mol. The number of ether oxygens (including phenoxy) is 1. The number of carbonyl (C=O) groups is 1. The Morgan fingerprint density at radius 1 is 1.14 bits per heavy atom. The second-order valence-electron chi connectivity index (χ2n) is 6.35. The molecule has 0 aromatic heterocycles. The Kier molecular flexibility index (Phi) is 7.77. The van der Waals surface area contributed by atoms with Gasteiger partial charge in [0.05, 0.1) is 28.6 Å². The topological polar surface area (TPSA) is 84.5 Å². The lowest BCUT2D eigenvalue weighted by atomic mass is 10.3. The maximum atomic E-state index is 13.2. The molecule has 0 heterocycles. The summed E-state index contributed by atoms with van der Waals surface area (Å²) in [6, 6.07) is 11.5. The lowest BCUT2D eigenvalue weighted by molar-refractivity contribution is -0.119. The molecule has 0 aliphatic carbocycles. The van der Waals surface area contributed by atoms with E-state index in [1.165, 1.54) is 6.07 Å². The van der Waals surface area contributed by atoms with E-state index in [4.69, 9.17) is 4.74 Å². The van der Waals surface area contributed by atoms with E-state index in [1.807, 2.05) is 27.0 Å². The number of hydrogen-bond donors (Lipinski definition) is 2. The van der Waals surface area contributed by atoms with Gasteiger partial charge in [0, 0.05) is 17.0 Å². The van der Waals surface area contributed by atoms with Crippen LogP contribution in [0.4, 0.5) is 5.69 Å². The molecule has 0 aliphatic heterocycles. The number of nitrogens with one attached hydrogen (secondary N) is 2. The minimum absolute atomic E-state index is 0.00721. The van der Waals surface area contributed by atoms with Crippen LogP contribution in [-0.2, 0) is 14.6 Å². The Morgan fingerprint density at radius 3 is 2.39 bits per heavy atom. The number of anilines is 1. The summed E-state index contributed by atoms with van der Waals surface area (Å²) in [6.07, 6.45) is 1.93. The Labute approximate surface area is 171 Å². The Hall–Kier alpha value is -2.19. The highest BCUT2D eigenvalue weighted by molar-refractivity contribution is 7.98. The number of sulfone groups is 1. The van der Waals surface area contributed by atoms with E-state index in [0.717, 1.165) is 4.90 Å². The van der Waals surface area contributed by atoms with E-state index < -0.39 is 9.84 Å². The van der Waals surface area contributed by atoms with Crippen LogP contribution in [0.3, 0.4) is 0 Å². The van der Waals surface area contributed by atoms with Gasteiger partial charge in [-0.1, -0.05) is 0 Å². The molecule has 0 fully saturated rings. The molecule has 1 amide bonds. The predicted octanol–water partition coefficient (Wildman–Crippen LogP) is 3.58. The molecule has 0 aliphatic rings. The third-order valence-corrected chi connectivity index (χ3v) is 6.37. The second-order valence-corrected chi connectivity index (χ2v) is 9.14. The molecule has 2 N–H and O–H groups in total. The van der Waals surface area contributed by atoms with Gasteiger partial charge in [-0.15, -0.1) is 11.8 Å². The first-order chi connectivity index (χ1) is 13.3. The lowest BCUT2D eigenvalue weighted by Gasteiger charge is -2.15. The van der Waals surface area contributed by atoms with Crippen molar-refractivity contribution in [3.63, 3.8) is 0 Å². The van der Waals surface area contributed by atoms with E-state index in [2.05, 4.69) is 10.6 Å². The standard InChI is InChI=1S/C20H26N2O4S2/c1-5-26-15-6-11-18(21-13-20(23)22-14(2)3)19(12-15)28(24,25)17-9-7-16(27-4)8-10-17/h6-12,14,21H,5,13H2,1-4H3,(H,22,23). The zero-order valence-corrected chi connectivity index (χ0v) is 18.1. The largest absolute Gasteiger partial charge is 0.494 e. The predicted molar refractivity (Wildman–Crippen MR) is 113 cm³/mol. The highest BCUT2D eigenvalue weighted by Crippen LogP contribution is 2.32. The summed E-state index contributed by atoms with van der Waals surface area (Å²) in [5, 5.41) is 5.70. The van der Waals surface area contributed by atoms with Crippen LogP contribution in [0.15, 0.2) is 57.2 Å². The van der Waals surface area contributed by atoms with Gasteiger partial charge in [-0.2, -0.15) is 0 Å². The number of thioether (sulfide) groups is 1. The minimum atomic E-state index is -3.79. The van der Waals surface area contributed by atoms with Crippen molar-refractivity contribution in [2.24, 2.45) is 0 Å². The van der Waals surface area contributed by atoms with Gasteiger partial charge in [0.1, 0.15) is 5.75 Å². The van der Waals surface area contributed by atoms with Crippen molar-refractivity contribution in [3.05, 3.63) is 42.5 Å². The first-order valence-electron chi connectivity index (χ1n) is 8.97. The molecule has 152 valence electrons. The first kappa shape index (κ1) is 22.1. The molecule has 0 bridgehead atoms. The van der Waals surface area contributed by atoms with Crippen LogP contribution < -0.4 is 15.4 Å². The third-order valence-electron chi connectivity index (χ3n) is 3.81. The number of rotatable bonds is 9. The van der Waals surface area contributed by atoms with Crippen LogP contribution in [-0.4, -0.2) is 39.8 Å². The fourth-order valence-electron chi connectivity index (χ4n) is 2.56. The lowest BCUT2D eigenvalue weighted by Crippen LogP contribution is -2.35. The number of hydrogen-bond acceptors (Lipinski definition) is 6. The summed E-state index contributed by atoms with van der Waals surface area (Å²) in [4.78, 5) is 13.2. The molecule has 0 saturated carbocycles. The zero-order chi connectivity index (χ0) is 20.7. The normalized spacial score (nSPS) is 11.3. The minimum Gasteiger partial charge on any atom is -0.494 e. The summed E-state index contributed by atoms with van der Waals surface area (Å²) < 4.78 is 31.9. The van der Waals surface area contributed by atoms with Crippen LogP contribution in [0, 0.1) is 0 Å². The van der Waals surface area contributed by atoms with Crippen LogP contribution in [0.5, 0.6) is 5.75 Å². The van der Waals surface area contributed by atoms with Gasteiger partial charge in [-0.25, -0.2) is 8.42 Å². The molecular weight excluding hydrogens is 396 g/mol. The SMILES string of the molecule is CCOc1ccc(NCC(=O)NC(C)C)c(S(=O)(=O)c2ccc(SC)cc2)c1. The smallest absolute Gasteiger partial charge is 0.239 e. The van der Waals surface area contributed by atoms with Crippen LogP contribution >= 0.6 is 11.8 Å². The molecule has 6 nitrogen and oxygen atoms in total. The number of benzene rings is 2. The van der Waals surface area contributed by atoms with Gasteiger partial charge in [0.2, 0.25) is 15.7 Å². The van der Waals surface area contributed by atoms with Crippen molar-refractivity contribution in [2.75, 3.05) is 24.7 Å². The fraction of sp³-hybridized carbons (Fsp3) is 0.350. The molecule has 0 spiro atoms. The van der Waals surface area contributed by atoms with Crippen molar-refractivity contribution in [3.8, 4) is 5.75 Å². The van der Waals surface area contributed by atoms with Crippen molar-refractivity contribution in [1.82, 2.24) is 5.32 Å². The molecule has 2 rings (SSSR count). The van der Waals surface area contributed by atoms with Crippen molar-refractivity contribution in [2.45, 2.75) is 41.5 Å². The highest BCUT2D eigenvalue weighted by atomic mass is 32.2. The van der Waals surface area contributed by atoms with Gasteiger partial charge >= 0.3 is 0 Å². The quantitative estimate of drug-likeness (QED) is 0.601. The first-order valence-corrected chi connectivity index (χ1v) is 11.7. The molecule has 0 saturated heterocycles. The maximum Gasteiger partial charge on any atom is 0.239 e.